The van der Waals surface area contributed by atoms with E-state index in [-0.39, 0.29) is 12.1 Å². The molecule has 1 aliphatic carbocycles. The van der Waals surface area contributed by atoms with Gasteiger partial charge in [0.25, 0.3) is 0 Å². The van der Waals surface area contributed by atoms with Crippen LogP contribution in [0.2, 0.25) is 0 Å². The molecular formula is C31H26F7N. The first-order valence-corrected chi connectivity index (χ1v) is 12.8. The van der Waals surface area contributed by atoms with Crippen LogP contribution in [0.15, 0.2) is 72.3 Å². The average molecular weight is 546 g/mol. The number of alkyl halides is 6. The van der Waals surface area contributed by atoms with Crippen molar-refractivity contribution in [2.24, 2.45) is 0 Å². The molecule has 3 aromatic carbocycles. The van der Waals surface area contributed by atoms with E-state index in [1.54, 1.807) is 4.90 Å². The fourth-order valence-corrected chi connectivity index (χ4v) is 5.38. The van der Waals surface area contributed by atoms with E-state index in [2.05, 4.69) is 0 Å². The third-order valence-electron chi connectivity index (χ3n) is 7.21. The van der Waals surface area contributed by atoms with E-state index >= 15 is 0 Å². The third-order valence-corrected chi connectivity index (χ3v) is 7.21. The summed E-state index contributed by atoms with van der Waals surface area (Å²) in [4.78, 5) is 1.73. The lowest BCUT2D eigenvalue weighted by Crippen LogP contribution is -2.41. The number of fused-ring (bicyclic) bond motifs is 1. The van der Waals surface area contributed by atoms with Crippen molar-refractivity contribution < 1.29 is 30.7 Å². The zero-order chi connectivity index (χ0) is 27.8. The molecule has 0 aromatic heterocycles. The summed E-state index contributed by atoms with van der Waals surface area (Å²) >= 11 is 0. The van der Waals surface area contributed by atoms with Gasteiger partial charge >= 0.3 is 12.4 Å². The van der Waals surface area contributed by atoms with Crippen LogP contribution in [0.25, 0.3) is 17.2 Å². The van der Waals surface area contributed by atoms with Gasteiger partial charge < -0.3 is 0 Å². The van der Waals surface area contributed by atoms with E-state index in [9.17, 15) is 30.7 Å². The van der Waals surface area contributed by atoms with E-state index in [1.165, 1.54) is 6.07 Å². The van der Waals surface area contributed by atoms with Crippen LogP contribution >= 0.6 is 0 Å². The number of allylic oxidation sites excluding steroid dienone is 1. The number of halogens is 7. The number of hydrogen-bond acceptors (Lipinski definition) is 1. The van der Waals surface area contributed by atoms with Crippen LogP contribution in [0.3, 0.4) is 0 Å². The Morgan fingerprint density at radius 1 is 0.795 bits per heavy atom. The lowest BCUT2D eigenvalue weighted by Gasteiger charge is -2.34. The Bertz CT molecular complexity index is 1400. The fraction of sp³-hybridized carbons (Fsp3) is 0.290. The summed E-state index contributed by atoms with van der Waals surface area (Å²) in [5.41, 5.74) is 4.74. The molecule has 1 aliphatic heterocycles. The quantitative estimate of drug-likeness (QED) is 0.290. The number of rotatable bonds is 5. The molecular weight excluding hydrogens is 519 g/mol. The first kappa shape index (κ1) is 27.2. The summed E-state index contributed by atoms with van der Waals surface area (Å²) in [6.45, 7) is 0.927. The summed E-state index contributed by atoms with van der Waals surface area (Å²) in [6.07, 6.45) is -6.02. The molecule has 0 radical (unpaired) electrons. The minimum absolute atomic E-state index is 0.0183. The Kier molecular flexibility index (Phi) is 7.42. The van der Waals surface area contributed by atoms with Gasteiger partial charge in [-0.1, -0.05) is 60.7 Å². The van der Waals surface area contributed by atoms with Crippen LogP contribution in [-0.2, 0) is 12.6 Å². The van der Waals surface area contributed by atoms with Crippen LogP contribution in [0.5, 0.6) is 0 Å². The Hall–Kier alpha value is -3.39. The summed E-state index contributed by atoms with van der Waals surface area (Å²) < 4.78 is 93.3. The van der Waals surface area contributed by atoms with E-state index in [1.807, 2.05) is 54.6 Å². The van der Waals surface area contributed by atoms with E-state index in [0.717, 1.165) is 33.9 Å². The van der Waals surface area contributed by atoms with Crippen molar-refractivity contribution in [2.45, 2.75) is 38.0 Å². The summed E-state index contributed by atoms with van der Waals surface area (Å²) in [5, 5.41) is 0. The van der Waals surface area contributed by atoms with Gasteiger partial charge in [-0.25, -0.2) is 4.39 Å². The van der Waals surface area contributed by atoms with Crippen LogP contribution in [0.1, 0.15) is 52.6 Å². The summed E-state index contributed by atoms with van der Waals surface area (Å²) in [7, 11) is 0. The molecule has 0 saturated carbocycles. The lowest BCUT2D eigenvalue weighted by molar-refractivity contribution is -0.139. The van der Waals surface area contributed by atoms with Crippen LogP contribution in [0.4, 0.5) is 30.7 Å². The smallest absolute Gasteiger partial charge is 0.295 e. The minimum atomic E-state index is -4.71. The highest BCUT2D eigenvalue weighted by Gasteiger charge is 2.36. The Morgan fingerprint density at radius 3 is 2.21 bits per heavy atom. The summed E-state index contributed by atoms with van der Waals surface area (Å²) in [6, 6.07) is 18.0. The van der Waals surface area contributed by atoms with Gasteiger partial charge in [0, 0.05) is 19.6 Å². The molecule has 0 unspecified atom stereocenters. The van der Waals surface area contributed by atoms with Gasteiger partial charge in [-0.2, -0.15) is 26.3 Å². The molecule has 0 N–H and O–H groups in total. The molecule has 8 heteroatoms. The van der Waals surface area contributed by atoms with Gasteiger partial charge in [0.15, 0.2) is 0 Å². The van der Waals surface area contributed by atoms with E-state index in [0.29, 0.717) is 49.6 Å². The highest BCUT2D eigenvalue weighted by Crippen LogP contribution is 2.44. The Balaban J connectivity index is 1.51. The van der Waals surface area contributed by atoms with Gasteiger partial charge in [0.05, 0.1) is 12.0 Å². The van der Waals surface area contributed by atoms with Crippen molar-refractivity contribution in [3.63, 3.8) is 0 Å². The predicted molar refractivity (Wildman–Crippen MR) is 138 cm³/mol. The van der Waals surface area contributed by atoms with Gasteiger partial charge in [-0.3, -0.25) is 4.90 Å². The second-order valence-electron chi connectivity index (χ2n) is 10.1. The monoisotopic (exact) mass is 545 g/mol. The molecule has 3 aromatic rings. The standard InChI is InChI=1S/C31H26F7N/c32-24-12-13-26(28(17-24)31(36,37)38)27-7-3-5-22-4-1-2-6-25(22)29(27)23-10-8-20(9-11-23)16-21-18-39(19-21)15-14-30(33,34)35/h1-2,4,6,8-13,16-17H,3,5,7,14-15,18-19H2. The SMILES string of the molecule is Fc1ccc(C2=C(c3ccc(C=C4CN(CCC(F)(F)F)C4)cc3)c3ccccc3CCC2)c(C(F)(F)F)c1. The highest BCUT2D eigenvalue weighted by atomic mass is 19.4. The zero-order valence-corrected chi connectivity index (χ0v) is 21.0. The maximum atomic E-state index is 14.0. The second-order valence-corrected chi connectivity index (χ2v) is 10.1. The van der Waals surface area contributed by atoms with Crippen molar-refractivity contribution in [1.29, 1.82) is 0 Å². The second kappa shape index (κ2) is 10.6. The molecule has 0 bridgehead atoms. The molecule has 0 amide bonds. The van der Waals surface area contributed by atoms with Crippen LogP contribution in [-0.4, -0.2) is 30.7 Å². The van der Waals surface area contributed by atoms with Crippen molar-refractivity contribution in [2.75, 3.05) is 19.6 Å². The number of aryl methyl sites for hydroxylation is 1. The van der Waals surface area contributed by atoms with Crippen molar-refractivity contribution in [3.8, 4) is 0 Å². The normalized spacial score (nSPS) is 16.5. The van der Waals surface area contributed by atoms with Crippen molar-refractivity contribution >= 4 is 17.2 Å². The number of hydrogen-bond donors (Lipinski definition) is 0. The van der Waals surface area contributed by atoms with Crippen LogP contribution < -0.4 is 0 Å². The van der Waals surface area contributed by atoms with Crippen molar-refractivity contribution in [1.82, 2.24) is 4.90 Å². The van der Waals surface area contributed by atoms with E-state index in [4.69, 9.17) is 0 Å². The fourth-order valence-electron chi connectivity index (χ4n) is 5.38. The van der Waals surface area contributed by atoms with Crippen LogP contribution in [0, 0.1) is 5.82 Å². The lowest BCUT2D eigenvalue weighted by atomic mass is 9.86. The molecule has 39 heavy (non-hydrogen) atoms. The van der Waals surface area contributed by atoms with Gasteiger partial charge in [-0.05, 0) is 75.9 Å². The highest BCUT2D eigenvalue weighted by molar-refractivity contribution is 6.00. The molecule has 1 nitrogen and oxygen atoms in total. The average Bonchev–Trinajstić information content (AvgIpc) is 3.04. The number of benzene rings is 3. The molecule has 1 heterocycles. The molecule has 1 saturated heterocycles. The molecule has 5 rings (SSSR count). The van der Waals surface area contributed by atoms with Gasteiger partial charge in [0.1, 0.15) is 5.82 Å². The molecule has 1 fully saturated rings. The molecule has 0 atom stereocenters. The summed E-state index contributed by atoms with van der Waals surface area (Å²) in [5.74, 6) is -0.937. The van der Waals surface area contributed by atoms with Crippen molar-refractivity contribution in [3.05, 3.63) is 112 Å². The Labute approximate surface area is 222 Å². The zero-order valence-electron chi connectivity index (χ0n) is 21.0. The first-order valence-electron chi connectivity index (χ1n) is 12.8. The number of nitrogens with zero attached hydrogens (tertiary/aromatic N) is 1. The largest absolute Gasteiger partial charge is 0.417 e. The predicted octanol–water partition coefficient (Wildman–Crippen LogP) is 8.79. The van der Waals surface area contributed by atoms with E-state index < -0.39 is 30.2 Å². The maximum absolute atomic E-state index is 14.0. The third kappa shape index (κ3) is 6.27. The number of likely N-dealkylation sites (tertiary alicyclic amines) is 1. The first-order chi connectivity index (χ1) is 18.5. The molecule has 204 valence electrons. The Morgan fingerprint density at radius 2 is 1.51 bits per heavy atom. The minimum Gasteiger partial charge on any atom is -0.295 e. The maximum Gasteiger partial charge on any atom is 0.417 e. The molecule has 2 aliphatic rings. The van der Waals surface area contributed by atoms with Gasteiger partial charge in [0.2, 0.25) is 0 Å². The van der Waals surface area contributed by atoms with Gasteiger partial charge in [-0.15, -0.1) is 0 Å². The topological polar surface area (TPSA) is 3.24 Å². The molecule has 0 spiro atoms.